The number of hydrogen-bond acceptors (Lipinski definition) is 2. The van der Waals surface area contributed by atoms with E-state index in [9.17, 15) is 0 Å². The van der Waals surface area contributed by atoms with Gasteiger partial charge in [0.05, 0.1) is 7.11 Å². The van der Waals surface area contributed by atoms with Crippen LogP contribution in [-0.2, 0) is 5.41 Å². The van der Waals surface area contributed by atoms with E-state index in [0.29, 0.717) is 6.04 Å². The van der Waals surface area contributed by atoms with Crippen LogP contribution in [-0.4, -0.2) is 13.7 Å². The van der Waals surface area contributed by atoms with Gasteiger partial charge < -0.3 is 10.1 Å². The number of fused-ring (bicyclic) bond motifs is 1. The molecule has 0 bridgehead atoms. The molecule has 1 atom stereocenters. The molecule has 94 valence electrons. The molecule has 0 aromatic heterocycles. The Morgan fingerprint density at radius 2 is 2.18 bits per heavy atom. The summed E-state index contributed by atoms with van der Waals surface area (Å²) in [5.41, 5.74) is 3.15. The Bertz CT molecular complexity index is 398. The Labute approximate surface area is 104 Å². The third-order valence-corrected chi connectivity index (χ3v) is 3.72. The highest BCUT2D eigenvalue weighted by Gasteiger charge is 2.36. The molecule has 1 aliphatic carbocycles. The molecule has 1 aromatic rings. The van der Waals surface area contributed by atoms with Gasteiger partial charge in [-0.3, -0.25) is 0 Å². The fourth-order valence-corrected chi connectivity index (χ4v) is 2.80. The monoisotopic (exact) mass is 233 g/mol. The van der Waals surface area contributed by atoms with Crippen molar-refractivity contribution in [2.45, 2.75) is 45.1 Å². The van der Waals surface area contributed by atoms with E-state index in [2.05, 4.69) is 44.3 Å². The van der Waals surface area contributed by atoms with Gasteiger partial charge in [0.2, 0.25) is 0 Å². The maximum absolute atomic E-state index is 5.33. The lowest BCUT2D eigenvalue weighted by atomic mass is 9.86. The first-order chi connectivity index (χ1) is 8.08. The van der Waals surface area contributed by atoms with E-state index >= 15 is 0 Å². The molecule has 2 rings (SSSR count). The van der Waals surface area contributed by atoms with Gasteiger partial charge in [-0.05, 0) is 48.1 Å². The van der Waals surface area contributed by atoms with Crippen molar-refractivity contribution in [2.75, 3.05) is 13.7 Å². The highest BCUT2D eigenvalue weighted by atomic mass is 16.5. The van der Waals surface area contributed by atoms with Crippen LogP contribution in [0.2, 0.25) is 0 Å². The van der Waals surface area contributed by atoms with Crippen molar-refractivity contribution in [3.05, 3.63) is 29.3 Å². The van der Waals surface area contributed by atoms with Crippen LogP contribution >= 0.6 is 0 Å². The zero-order chi connectivity index (χ0) is 12.5. The fraction of sp³-hybridized carbons (Fsp3) is 0.600. The molecule has 0 fully saturated rings. The van der Waals surface area contributed by atoms with Crippen LogP contribution < -0.4 is 10.1 Å². The lowest BCUT2D eigenvalue weighted by molar-refractivity contribution is 0.412. The number of benzene rings is 1. The van der Waals surface area contributed by atoms with Gasteiger partial charge in [0.1, 0.15) is 5.75 Å². The molecule has 1 N–H and O–H groups in total. The van der Waals surface area contributed by atoms with Gasteiger partial charge in [0.15, 0.2) is 0 Å². The van der Waals surface area contributed by atoms with Crippen molar-refractivity contribution in [3.8, 4) is 5.75 Å². The van der Waals surface area contributed by atoms with Crippen LogP contribution in [0, 0.1) is 0 Å². The van der Waals surface area contributed by atoms with Gasteiger partial charge in [-0.25, -0.2) is 0 Å². The Morgan fingerprint density at radius 1 is 1.41 bits per heavy atom. The molecule has 0 saturated carbocycles. The summed E-state index contributed by atoms with van der Waals surface area (Å²) in [7, 11) is 1.73. The summed E-state index contributed by atoms with van der Waals surface area (Å²) >= 11 is 0. The first-order valence-corrected chi connectivity index (χ1v) is 6.50. The predicted octanol–water partition coefficient (Wildman–Crippen LogP) is 3.42. The molecule has 2 heteroatoms. The second-order valence-corrected chi connectivity index (χ2v) is 5.55. The van der Waals surface area contributed by atoms with E-state index in [0.717, 1.165) is 12.3 Å². The first-order valence-electron chi connectivity index (χ1n) is 6.50. The molecule has 0 spiro atoms. The Hall–Kier alpha value is -1.02. The van der Waals surface area contributed by atoms with E-state index in [1.165, 1.54) is 24.0 Å². The van der Waals surface area contributed by atoms with Gasteiger partial charge >= 0.3 is 0 Å². The van der Waals surface area contributed by atoms with Gasteiger partial charge in [0, 0.05) is 6.04 Å². The standard InChI is InChI=1S/C15H23NO/c1-5-8-16-14-10-15(2,3)13-7-6-11(17-4)9-12(13)14/h6-7,9,14,16H,5,8,10H2,1-4H3. The topological polar surface area (TPSA) is 21.3 Å². The number of rotatable bonds is 4. The van der Waals surface area contributed by atoms with Crippen LogP contribution in [0.25, 0.3) is 0 Å². The second-order valence-electron chi connectivity index (χ2n) is 5.55. The number of ether oxygens (including phenoxy) is 1. The lowest BCUT2D eigenvalue weighted by Gasteiger charge is -2.19. The summed E-state index contributed by atoms with van der Waals surface area (Å²) in [5, 5.41) is 3.64. The number of hydrogen-bond donors (Lipinski definition) is 1. The minimum atomic E-state index is 0.271. The summed E-state index contributed by atoms with van der Waals surface area (Å²) < 4.78 is 5.33. The summed E-state index contributed by atoms with van der Waals surface area (Å²) in [5.74, 6) is 0.963. The van der Waals surface area contributed by atoms with Crippen LogP contribution in [0.1, 0.15) is 50.8 Å². The van der Waals surface area contributed by atoms with E-state index in [4.69, 9.17) is 4.74 Å². The SMILES string of the molecule is CCCNC1CC(C)(C)c2ccc(OC)cc21. The minimum absolute atomic E-state index is 0.271. The molecule has 0 amide bonds. The maximum Gasteiger partial charge on any atom is 0.119 e. The maximum atomic E-state index is 5.33. The van der Waals surface area contributed by atoms with Crippen LogP contribution in [0.15, 0.2) is 18.2 Å². The number of methoxy groups -OCH3 is 1. The predicted molar refractivity (Wildman–Crippen MR) is 71.7 cm³/mol. The van der Waals surface area contributed by atoms with Gasteiger partial charge in [-0.15, -0.1) is 0 Å². The van der Waals surface area contributed by atoms with E-state index in [1.54, 1.807) is 7.11 Å². The van der Waals surface area contributed by atoms with Crippen LogP contribution in [0.4, 0.5) is 0 Å². The van der Waals surface area contributed by atoms with Crippen LogP contribution in [0.3, 0.4) is 0 Å². The first kappa shape index (κ1) is 12.4. The van der Waals surface area contributed by atoms with E-state index < -0.39 is 0 Å². The summed E-state index contributed by atoms with van der Waals surface area (Å²) in [6.45, 7) is 7.94. The minimum Gasteiger partial charge on any atom is -0.497 e. The molecule has 17 heavy (non-hydrogen) atoms. The van der Waals surface area contributed by atoms with Crippen LogP contribution in [0.5, 0.6) is 5.75 Å². The molecule has 1 unspecified atom stereocenters. The van der Waals surface area contributed by atoms with Crippen molar-refractivity contribution in [3.63, 3.8) is 0 Å². The number of nitrogens with one attached hydrogen (secondary N) is 1. The third kappa shape index (κ3) is 2.32. The molecule has 0 heterocycles. The van der Waals surface area contributed by atoms with Gasteiger partial charge in [-0.1, -0.05) is 26.8 Å². The van der Waals surface area contributed by atoms with E-state index in [1.807, 2.05) is 0 Å². The average Bonchev–Trinajstić information content (AvgIpc) is 2.58. The van der Waals surface area contributed by atoms with Crippen molar-refractivity contribution < 1.29 is 4.74 Å². The largest absolute Gasteiger partial charge is 0.497 e. The highest BCUT2D eigenvalue weighted by Crippen LogP contribution is 2.45. The van der Waals surface area contributed by atoms with E-state index in [-0.39, 0.29) is 5.41 Å². The van der Waals surface area contributed by atoms with Crippen molar-refractivity contribution >= 4 is 0 Å². The molecule has 1 aromatic carbocycles. The Balaban J connectivity index is 2.32. The molecule has 0 radical (unpaired) electrons. The van der Waals surface area contributed by atoms with Crippen molar-refractivity contribution in [2.24, 2.45) is 0 Å². The molecule has 0 saturated heterocycles. The molecular formula is C15H23NO. The summed E-state index contributed by atoms with van der Waals surface area (Å²) in [6, 6.07) is 6.97. The molecular weight excluding hydrogens is 210 g/mol. The van der Waals surface area contributed by atoms with Crippen molar-refractivity contribution in [1.82, 2.24) is 5.32 Å². The molecule has 2 nitrogen and oxygen atoms in total. The lowest BCUT2D eigenvalue weighted by Crippen LogP contribution is -2.22. The quantitative estimate of drug-likeness (QED) is 0.860. The summed E-state index contributed by atoms with van der Waals surface area (Å²) in [6.07, 6.45) is 2.35. The third-order valence-electron chi connectivity index (χ3n) is 3.72. The Kier molecular flexibility index (Phi) is 3.43. The second kappa shape index (κ2) is 4.69. The smallest absolute Gasteiger partial charge is 0.119 e. The normalized spacial score (nSPS) is 21.3. The van der Waals surface area contributed by atoms with Gasteiger partial charge in [-0.2, -0.15) is 0 Å². The molecule has 1 aliphatic rings. The zero-order valence-corrected chi connectivity index (χ0v) is 11.3. The fourth-order valence-electron chi connectivity index (χ4n) is 2.80. The molecule has 0 aliphatic heterocycles. The van der Waals surface area contributed by atoms with Crippen molar-refractivity contribution in [1.29, 1.82) is 0 Å². The summed E-state index contributed by atoms with van der Waals surface area (Å²) in [4.78, 5) is 0. The Morgan fingerprint density at radius 3 is 2.82 bits per heavy atom. The van der Waals surface area contributed by atoms with Gasteiger partial charge in [0.25, 0.3) is 0 Å². The highest BCUT2D eigenvalue weighted by molar-refractivity contribution is 5.45. The zero-order valence-electron chi connectivity index (χ0n) is 11.3. The average molecular weight is 233 g/mol.